The van der Waals surface area contributed by atoms with Crippen LogP contribution in [0.4, 0.5) is 5.69 Å². The van der Waals surface area contributed by atoms with Gasteiger partial charge in [0.1, 0.15) is 22.5 Å². The molecule has 0 bridgehead atoms. The van der Waals surface area contributed by atoms with Crippen LogP contribution in [0.25, 0.3) is 27.5 Å². The summed E-state index contributed by atoms with van der Waals surface area (Å²) < 4.78 is 10.5. The first-order valence-electron chi connectivity index (χ1n) is 10.0. The maximum atomic E-state index is 12.8. The molecule has 0 aliphatic rings. The van der Waals surface area contributed by atoms with E-state index < -0.39 is 0 Å². The van der Waals surface area contributed by atoms with Crippen molar-refractivity contribution in [3.8, 4) is 17.2 Å². The Labute approximate surface area is 184 Å². The van der Waals surface area contributed by atoms with Gasteiger partial charge in [-0.15, -0.1) is 15.0 Å². The summed E-state index contributed by atoms with van der Waals surface area (Å²) in [5, 5.41) is 14.3. The van der Waals surface area contributed by atoms with E-state index in [0.29, 0.717) is 28.3 Å². The van der Waals surface area contributed by atoms with Crippen LogP contribution < -0.4 is 14.8 Å². The molecule has 0 fully saturated rings. The van der Waals surface area contributed by atoms with Crippen LogP contribution in [-0.2, 0) is 0 Å². The first-order valence-corrected chi connectivity index (χ1v) is 10.0. The van der Waals surface area contributed by atoms with Gasteiger partial charge < -0.3 is 14.8 Å². The quantitative estimate of drug-likeness (QED) is 0.437. The van der Waals surface area contributed by atoms with E-state index in [1.165, 1.54) is 7.11 Å². The topological polar surface area (TPSA) is 78.3 Å². The van der Waals surface area contributed by atoms with Gasteiger partial charge in [-0.1, -0.05) is 36.4 Å². The molecule has 0 saturated carbocycles. The molecule has 0 unspecified atom stereocenters. The molecule has 1 heterocycles. The number of rotatable bonds is 5. The number of carbonyl (C=O) groups is 1. The number of ether oxygens (including phenoxy) is 2. The number of hydrogen-bond donors (Lipinski definition) is 1. The molecule has 4 aromatic carbocycles. The summed E-state index contributed by atoms with van der Waals surface area (Å²) in [5.41, 5.74) is 3.33. The predicted molar refractivity (Wildman–Crippen MR) is 124 cm³/mol. The second-order valence-electron chi connectivity index (χ2n) is 7.21. The molecule has 1 amide bonds. The highest BCUT2D eigenvalue weighted by molar-refractivity contribution is 6.07. The van der Waals surface area contributed by atoms with Crippen LogP contribution in [0.5, 0.6) is 11.5 Å². The van der Waals surface area contributed by atoms with Crippen molar-refractivity contribution in [2.75, 3.05) is 19.5 Å². The second-order valence-corrected chi connectivity index (χ2v) is 7.21. The molecular weight excluding hydrogens is 404 g/mol. The smallest absolute Gasteiger partial charge is 0.259 e. The van der Waals surface area contributed by atoms with Crippen molar-refractivity contribution in [1.82, 2.24) is 15.0 Å². The first kappa shape index (κ1) is 19.6. The number of hydrogen-bond acceptors (Lipinski definition) is 5. The van der Waals surface area contributed by atoms with Crippen molar-refractivity contribution < 1.29 is 14.3 Å². The minimum atomic E-state index is -0.287. The van der Waals surface area contributed by atoms with Gasteiger partial charge in [-0.2, -0.15) is 0 Å². The van der Waals surface area contributed by atoms with E-state index >= 15 is 0 Å². The van der Waals surface area contributed by atoms with E-state index in [-0.39, 0.29) is 5.91 Å². The molecule has 0 atom stereocenters. The van der Waals surface area contributed by atoms with Crippen molar-refractivity contribution in [1.29, 1.82) is 0 Å². The lowest BCUT2D eigenvalue weighted by atomic mass is 10.1. The van der Waals surface area contributed by atoms with Gasteiger partial charge in [-0.3, -0.25) is 4.79 Å². The van der Waals surface area contributed by atoms with Crippen LogP contribution in [0.2, 0.25) is 0 Å². The second kappa shape index (κ2) is 8.03. The first-order chi connectivity index (χ1) is 15.7. The Morgan fingerprint density at radius 1 is 0.844 bits per heavy atom. The monoisotopic (exact) mass is 424 g/mol. The Kier molecular flexibility index (Phi) is 4.91. The van der Waals surface area contributed by atoms with Crippen LogP contribution in [0.15, 0.2) is 78.9 Å². The summed E-state index contributed by atoms with van der Waals surface area (Å²) in [6.07, 6.45) is 0. The molecule has 1 N–H and O–H groups in total. The van der Waals surface area contributed by atoms with Gasteiger partial charge in [0.15, 0.2) is 0 Å². The fourth-order valence-corrected chi connectivity index (χ4v) is 3.67. The van der Waals surface area contributed by atoms with E-state index in [1.54, 1.807) is 42.2 Å². The highest BCUT2D eigenvalue weighted by Gasteiger charge is 2.15. The van der Waals surface area contributed by atoms with Gasteiger partial charge >= 0.3 is 0 Å². The largest absolute Gasteiger partial charge is 0.497 e. The summed E-state index contributed by atoms with van der Waals surface area (Å²) in [6, 6.07) is 24.6. The highest BCUT2D eigenvalue weighted by atomic mass is 16.5. The third kappa shape index (κ3) is 3.50. The van der Waals surface area contributed by atoms with Crippen LogP contribution >= 0.6 is 0 Å². The normalized spacial score (nSPS) is 10.9. The zero-order chi connectivity index (χ0) is 22.1. The molecule has 158 valence electrons. The Morgan fingerprint density at radius 3 is 2.50 bits per heavy atom. The molecule has 1 aromatic heterocycles. The number of nitrogens with one attached hydrogen (secondary N) is 1. The summed E-state index contributed by atoms with van der Waals surface area (Å²) in [7, 11) is 3.08. The molecule has 0 aliphatic heterocycles. The standard InChI is InChI=1S/C25H20N4O3/c1-31-18-11-12-20(24(15-18)32-2)25(30)26-17-10-13-21-22(14-17)28-29(27-21)23-9-5-7-16-6-3-4-8-19(16)23/h3-15H,1-2H3,(H,26,30). The number of carbonyl (C=O) groups excluding carboxylic acids is 1. The van der Waals surface area contributed by atoms with Gasteiger partial charge in [-0.25, -0.2) is 0 Å². The van der Waals surface area contributed by atoms with E-state index in [2.05, 4.69) is 27.6 Å². The Balaban J connectivity index is 1.46. The average molecular weight is 424 g/mol. The SMILES string of the molecule is COc1ccc(C(=O)Nc2ccc3nn(-c4cccc5ccccc45)nc3c2)c(OC)c1. The maximum absolute atomic E-state index is 12.8. The van der Waals surface area contributed by atoms with Gasteiger partial charge in [-0.05, 0) is 41.8 Å². The van der Waals surface area contributed by atoms with Crippen molar-refractivity contribution in [3.05, 3.63) is 84.4 Å². The van der Waals surface area contributed by atoms with E-state index in [1.807, 2.05) is 36.4 Å². The van der Waals surface area contributed by atoms with Gasteiger partial charge in [0.25, 0.3) is 5.91 Å². The number of fused-ring (bicyclic) bond motifs is 2. The average Bonchev–Trinajstić information content (AvgIpc) is 3.26. The van der Waals surface area contributed by atoms with E-state index in [9.17, 15) is 4.79 Å². The number of amides is 1. The van der Waals surface area contributed by atoms with Gasteiger partial charge in [0, 0.05) is 17.1 Å². The molecule has 0 aliphatic carbocycles. The summed E-state index contributed by atoms with van der Waals surface area (Å²) in [4.78, 5) is 14.5. The fraction of sp³-hybridized carbons (Fsp3) is 0.0800. The third-order valence-electron chi connectivity index (χ3n) is 5.27. The Morgan fingerprint density at radius 2 is 1.66 bits per heavy atom. The van der Waals surface area contributed by atoms with E-state index in [0.717, 1.165) is 22.0 Å². The van der Waals surface area contributed by atoms with Gasteiger partial charge in [0.2, 0.25) is 0 Å². The molecule has 32 heavy (non-hydrogen) atoms. The van der Waals surface area contributed by atoms with Crippen LogP contribution in [-0.4, -0.2) is 35.1 Å². The van der Waals surface area contributed by atoms with Crippen molar-refractivity contribution in [3.63, 3.8) is 0 Å². The summed E-state index contributed by atoms with van der Waals surface area (Å²) in [5.74, 6) is 0.764. The van der Waals surface area contributed by atoms with Crippen molar-refractivity contribution >= 4 is 33.4 Å². The molecule has 0 spiro atoms. The molecule has 0 saturated heterocycles. The lowest BCUT2D eigenvalue weighted by Crippen LogP contribution is -2.13. The summed E-state index contributed by atoms with van der Waals surface area (Å²) in [6.45, 7) is 0. The molecule has 7 heteroatoms. The lowest BCUT2D eigenvalue weighted by molar-refractivity contribution is 0.102. The maximum Gasteiger partial charge on any atom is 0.259 e. The third-order valence-corrected chi connectivity index (χ3v) is 5.27. The Bertz CT molecular complexity index is 1450. The molecule has 5 rings (SSSR count). The number of nitrogens with zero attached hydrogens (tertiary/aromatic N) is 3. The summed E-state index contributed by atoms with van der Waals surface area (Å²) >= 11 is 0. The molecular formula is C25H20N4O3. The number of methoxy groups -OCH3 is 2. The highest BCUT2D eigenvalue weighted by Crippen LogP contribution is 2.27. The minimum absolute atomic E-state index is 0.287. The number of anilines is 1. The Hall–Kier alpha value is -4.39. The molecule has 0 radical (unpaired) electrons. The van der Waals surface area contributed by atoms with Crippen LogP contribution in [0.1, 0.15) is 10.4 Å². The molecule has 5 aromatic rings. The van der Waals surface area contributed by atoms with Gasteiger partial charge in [0.05, 0.1) is 25.5 Å². The zero-order valence-corrected chi connectivity index (χ0v) is 17.6. The molecule has 7 nitrogen and oxygen atoms in total. The minimum Gasteiger partial charge on any atom is -0.497 e. The van der Waals surface area contributed by atoms with E-state index in [4.69, 9.17) is 9.47 Å². The van der Waals surface area contributed by atoms with Crippen LogP contribution in [0.3, 0.4) is 0 Å². The lowest BCUT2D eigenvalue weighted by Gasteiger charge is -2.10. The predicted octanol–water partition coefficient (Wildman–Crippen LogP) is 4.84. The zero-order valence-electron chi connectivity index (χ0n) is 17.6. The number of benzene rings is 4. The van der Waals surface area contributed by atoms with Crippen LogP contribution in [0, 0.1) is 0 Å². The van der Waals surface area contributed by atoms with Crippen molar-refractivity contribution in [2.45, 2.75) is 0 Å². The fourth-order valence-electron chi connectivity index (χ4n) is 3.67. The number of aromatic nitrogens is 3. The van der Waals surface area contributed by atoms with Crippen molar-refractivity contribution in [2.24, 2.45) is 0 Å².